The quantitative estimate of drug-likeness (QED) is 0.913. The van der Waals surface area contributed by atoms with Crippen LogP contribution in [0.3, 0.4) is 0 Å². The van der Waals surface area contributed by atoms with Gasteiger partial charge in [0.25, 0.3) is 5.91 Å². The smallest absolute Gasteiger partial charge is 0.253 e. The predicted molar refractivity (Wildman–Crippen MR) is 81.9 cm³/mol. The number of aryl methyl sites for hydroxylation is 1. The van der Waals surface area contributed by atoms with Gasteiger partial charge in [0.05, 0.1) is 5.56 Å². The van der Waals surface area contributed by atoms with Crippen molar-refractivity contribution in [2.24, 2.45) is 0 Å². The molecule has 1 amide bonds. The van der Waals surface area contributed by atoms with Gasteiger partial charge in [-0.05, 0) is 51.5 Å². The molecule has 0 aliphatic rings. The van der Waals surface area contributed by atoms with E-state index in [9.17, 15) is 9.18 Å². The van der Waals surface area contributed by atoms with E-state index >= 15 is 0 Å². The van der Waals surface area contributed by atoms with Crippen LogP contribution in [0.1, 0.15) is 47.2 Å². The van der Waals surface area contributed by atoms with Gasteiger partial charge in [0, 0.05) is 24.0 Å². The van der Waals surface area contributed by atoms with E-state index in [4.69, 9.17) is 0 Å². The molecule has 0 saturated heterocycles. The Bertz CT molecular complexity index is 642. The molecule has 0 aliphatic heterocycles. The molecule has 0 radical (unpaired) electrons. The first-order chi connectivity index (χ1) is 9.90. The fourth-order valence-electron chi connectivity index (χ4n) is 2.68. The van der Waals surface area contributed by atoms with Crippen LogP contribution in [0.5, 0.6) is 0 Å². The molecule has 0 unspecified atom stereocenters. The molecule has 0 spiro atoms. The lowest BCUT2D eigenvalue weighted by Crippen LogP contribution is -2.23. The Morgan fingerprint density at radius 1 is 1.24 bits per heavy atom. The highest BCUT2D eigenvalue weighted by Gasteiger charge is 2.16. The maximum absolute atomic E-state index is 12.8. The van der Waals surface area contributed by atoms with E-state index in [0.29, 0.717) is 18.2 Å². The number of hydrogen-bond acceptors (Lipinski definition) is 1. The molecule has 0 atom stereocenters. The Labute approximate surface area is 124 Å². The van der Waals surface area contributed by atoms with Gasteiger partial charge in [-0.15, -0.1) is 0 Å². The second-order valence-corrected chi connectivity index (χ2v) is 5.56. The average molecular weight is 288 g/mol. The lowest BCUT2D eigenvalue weighted by atomic mass is 10.2. The predicted octanol–water partition coefficient (Wildman–Crippen LogP) is 3.75. The van der Waals surface area contributed by atoms with E-state index in [1.807, 2.05) is 19.9 Å². The Morgan fingerprint density at radius 3 is 2.38 bits per heavy atom. The zero-order valence-electron chi connectivity index (χ0n) is 12.9. The van der Waals surface area contributed by atoms with E-state index < -0.39 is 0 Å². The van der Waals surface area contributed by atoms with Gasteiger partial charge in [-0.1, -0.05) is 12.1 Å². The van der Waals surface area contributed by atoms with Crippen LogP contribution in [-0.4, -0.2) is 10.5 Å². The van der Waals surface area contributed by atoms with Crippen LogP contribution >= 0.6 is 0 Å². The van der Waals surface area contributed by atoms with E-state index in [-0.39, 0.29) is 11.7 Å². The van der Waals surface area contributed by atoms with Gasteiger partial charge in [0.2, 0.25) is 0 Å². The van der Waals surface area contributed by atoms with Crippen LogP contribution in [0.25, 0.3) is 0 Å². The highest BCUT2D eigenvalue weighted by atomic mass is 19.1. The molecule has 4 heteroatoms. The molecule has 1 N–H and O–H groups in total. The van der Waals surface area contributed by atoms with Crippen LogP contribution in [0, 0.1) is 19.7 Å². The van der Waals surface area contributed by atoms with E-state index in [0.717, 1.165) is 17.0 Å². The summed E-state index contributed by atoms with van der Waals surface area (Å²) in [6.45, 7) is 8.55. The summed E-state index contributed by atoms with van der Waals surface area (Å²) < 4.78 is 15.0. The lowest BCUT2D eigenvalue weighted by Gasteiger charge is -2.13. The van der Waals surface area contributed by atoms with Crippen LogP contribution in [0.2, 0.25) is 0 Å². The normalized spacial score (nSPS) is 11.0. The van der Waals surface area contributed by atoms with Crippen LogP contribution in [0.15, 0.2) is 30.3 Å². The minimum Gasteiger partial charge on any atom is -0.348 e. The summed E-state index contributed by atoms with van der Waals surface area (Å²) in [6.07, 6.45) is 0. The molecule has 2 aromatic rings. The second-order valence-electron chi connectivity index (χ2n) is 5.56. The van der Waals surface area contributed by atoms with Crippen molar-refractivity contribution in [3.8, 4) is 0 Å². The molecule has 0 bridgehead atoms. The molecule has 1 aromatic heterocycles. The van der Waals surface area contributed by atoms with Gasteiger partial charge in [0.15, 0.2) is 0 Å². The fraction of sp³-hybridized carbons (Fsp3) is 0.353. The molecule has 0 fully saturated rings. The topological polar surface area (TPSA) is 34.0 Å². The van der Waals surface area contributed by atoms with Gasteiger partial charge in [-0.25, -0.2) is 4.39 Å². The zero-order valence-corrected chi connectivity index (χ0v) is 12.9. The largest absolute Gasteiger partial charge is 0.348 e. The number of aromatic nitrogens is 1. The summed E-state index contributed by atoms with van der Waals surface area (Å²) >= 11 is 0. The third-order valence-corrected chi connectivity index (χ3v) is 3.61. The maximum atomic E-state index is 12.8. The zero-order chi connectivity index (χ0) is 15.6. The average Bonchev–Trinajstić information content (AvgIpc) is 2.73. The second kappa shape index (κ2) is 6.12. The number of carbonyl (C=O) groups is 1. The molecule has 0 saturated carbocycles. The van der Waals surface area contributed by atoms with Crippen molar-refractivity contribution < 1.29 is 9.18 Å². The molecule has 2 rings (SSSR count). The summed E-state index contributed by atoms with van der Waals surface area (Å²) in [7, 11) is 0. The van der Waals surface area contributed by atoms with Crippen LogP contribution < -0.4 is 5.32 Å². The first-order valence-corrected chi connectivity index (χ1v) is 7.11. The van der Waals surface area contributed by atoms with Crippen molar-refractivity contribution in [2.45, 2.75) is 40.3 Å². The van der Waals surface area contributed by atoms with Gasteiger partial charge in [-0.2, -0.15) is 0 Å². The summed E-state index contributed by atoms with van der Waals surface area (Å²) in [6, 6.07) is 8.37. The molecule has 112 valence electrons. The molecule has 3 nitrogen and oxygen atoms in total. The van der Waals surface area contributed by atoms with Crippen molar-refractivity contribution in [3.63, 3.8) is 0 Å². The van der Waals surface area contributed by atoms with E-state index in [1.54, 1.807) is 12.1 Å². The third kappa shape index (κ3) is 3.32. The number of rotatable bonds is 4. The monoisotopic (exact) mass is 288 g/mol. The highest BCUT2D eigenvalue weighted by Crippen LogP contribution is 2.20. The van der Waals surface area contributed by atoms with Gasteiger partial charge < -0.3 is 9.88 Å². The molecule has 21 heavy (non-hydrogen) atoms. The van der Waals surface area contributed by atoms with Crippen LogP contribution in [-0.2, 0) is 6.54 Å². The summed E-state index contributed by atoms with van der Waals surface area (Å²) in [5, 5.41) is 2.88. The Morgan fingerprint density at radius 2 is 1.86 bits per heavy atom. The number of nitrogens with zero attached hydrogens (tertiary/aromatic N) is 1. The van der Waals surface area contributed by atoms with Crippen molar-refractivity contribution in [2.75, 3.05) is 0 Å². The van der Waals surface area contributed by atoms with Crippen molar-refractivity contribution in [3.05, 3.63) is 58.7 Å². The Balaban J connectivity index is 2.10. The lowest BCUT2D eigenvalue weighted by molar-refractivity contribution is 0.0950. The molecule has 1 heterocycles. The number of hydrogen-bond donors (Lipinski definition) is 1. The third-order valence-electron chi connectivity index (χ3n) is 3.61. The van der Waals surface area contributed by atoms with Crippen molar-refractivity contribution >= 4 is 5.91 Å². The molecule has 0 aliphatic carbocycles. The number of halogens is 1. The van der Waals surface area contributed by atoms with Crippen molar-refractivity contribution in [1.29, 1.82) is 0 Å². The number of amides is 1. The summed E-state index contributed by atoms with van der Waals surface area (Å²) in [5.74, 6) is -0.370. The number of nitrogens with one attached hydrogen (secondary N) is 1. The van der Waals surface area contributed by atoms with Gasteiger partial charge in [0.1, 0.15) is 5.82 Å². The van der Waals surface area contributed by atoms with Crippen LogP contribution in [0.4, 0.5) is 4.39 Å². The first-order valence-electron chi connectivity index (χ1n) is 7.11. The Hall–Kier alpha value is -2.10. The number of carbonyl (C=O) groups excluding carboxylic acids is 1. The van der Waals surface area contributed by atoms with E-state index in [2.05, 4.69) is 23.7 Å². The maximum Gasteiger partial charge on any atom is 0.253 e. The summed E-state index contributed by atoms with van der Waals surface area (Å²) in [4.78, 5) is 12.3. The summed E-state index contributed by atoms with van der Waals surface area (Å²) in [5.41, 5.74) is 3.62. The van der Waals surface area contributed by atoms with Crippen molar-refractivity contribution in [1.82, 2.24) is 9.88 Å². The Kier molecular flexibility index (Phi) is 4.46. The van der Waals surface area contributed by atoms with Gasteiger partial charge >= 0.3 is 0 Å². The minimum absolute atomic E-state index is 0.0978. The van der Waals surface area contributed by atoms with E-state index in [1.165, 1.54) is 12.1 Å². The molecular formula is C17H21FN2O. The standard InChI is InChI=1S/C17H21FN2O/c1-11(2)20-12(3)9-16(13(20)4)17(21)19-10-14-5-7-15(18)8-6-14/h5-9,11H,10H2,1-4H3,(H,19,21). The molecule has 1 aromatic carbocycles. The SMILES string of the molecule is Cc1cc(C(=O)NCc2ccc(F)cc2)c(C)n1C(C)C. The van der Waals surface area contributed by atoms with Gasteiger partial charge in [-0.3, -0.25) is 4.79 Å². The molecular weight excluding hydrogens is 267 g/mol. The minimum atomic E-state index is -0.273. The number of benzene rings is 1. The highest BCUT2D eigenvalue weighted by molar-refractivity contribution is 5.95. The fourth-order valence-corrected chi connectivity index (χ4v) is 2.68. The first kappa shape index (κ1) is 15.3.